The lowest BCUT2D eigenvalue weighted by Gasteiger charge is -2.20. The van der Waals surface area contributed by atoms with Crippen LogP contribution in [0.3, 0.4) is 0 Å². The summed E-state index contributed by atoms with van der Waals surface area (Å²) in [5.41, 5.74) is 0.991. The van der Waals surface area contributed by atoms with Crippen molar-refractivity contribution in [1.29, 1.82) is 0 Å². The molecule has 0 aromatic heterocycles. The maximum Gasteiger partial charge on any atom is 0.165 e. The first-order valence-electron chi connectivity index (χ1n) is 6.86. The van der Waals surface area contributed by atoms with E-state index in [0.717, 1.165) is 31.4 Å². The lowest BCUT2D eigenvalue weighted by Crippen LogP contribution is -2.29. The normalized spacial score (nSPS) is 24.4. The van der Waals surface area contributed by atoms with Crippen molar-refractivity contribution in [3.8, 4) is 5.75 Å². The topological polar surface area (TPSA) is 41.5 Å². The second-order valence-corrected chi connectivity index (χ2v) is 5.28. The minimum atomic E-state index is -0.343. The standard InChI is InChI=1S/C15H22FNO2/c1-10(17-9-12-4-3-5-14(12)18)11-6-7-13(16)15(8-11)19-2/h6-8,10,12,14,17-18H,3-5,9H2,1-2H3/t10-,12-,14+/m0/s1. The number of aliphatic hydroxyl groups excluding tert-OH is 1. The van der Waals surface area contributed by atoms with Crippen molar-refractivity contribution < 1.29 is 14.2 Å². The lowest BCUT2D eigenvalue weighted by molar-refractivity contribution is 0.130. The van der Waals surface area contributed by atoms with Crippen molar-refractivity contribution in [1.82, 2.24) is 5.32 Å². The number of rotatable bonds is 5. The molecular weight excluding hydrogens is 245 g/mol. The number of hydrogen-bond acceptors (Lipinski definition) is 3. The van der Waals surface area contributed by atoms with Gasteiger partial charge >= 0.3 is 0 Å². The Morgan fingerprint density at radius 2 is 2.26 bits per heavy atom. The first kappa shape index (κ1) is 14.3. The second kappa shape index (κ2) is 6.35. The Labute approximate surface area is 113 Å². The van der Waals surface area contributed by atoms with Gasteiger partial charge in [0.2, 0.25) is 0 Å². The number of halogens is 1. The van der Waals surface area contributed by atoms with Gasteiger partial charge in [-0.25, -0.2) is 4.39 Å². The fraction of sp³-hybridized carbons (Fsp3) is 0.600. The summed E-state index contributed by atoms with van der Waals surface area (Å²) in [7, 11) is 1.47. The average molecular weight is 267 g/mol. The van der Waals surface area contributed by atoms with E-state index < -0.39 is 0 Å². The summed E-state index contributed by atoms with van der Waals surface area (Å²) < 4.78 is 18.3. The number of aliphatic hydroxyl groups is 1. The first-order chi connectivity index (χ1) is 9.11. The quantitative estimate of drug-likeness (QED) is 0.861. The van der Waals surface area contributed by atoms with Gasteiger partial charge in [-0.3, -0.25) is 0 Å². The number of nitrogens with one attached hydrogen (secondary N) is 1. The second-order valence-electron chi connectivity index (χ2n) is 5.28. The minimum Gasteiger partial charge on any atom is -0.494 e. The van der Waals surface area contributed by atoms with Crippen LogP contribution in [-0.2, 0) is 0 Å². The summed E-state index contributed by atoms with van der Waals surface area (Å²) in [6.45, 7) is 2.83. The molecule has 0 saturated heterocycles. The molecule has 0 unspecified atom stereocenters. The fourth-order valence-corrected chi connectivity index (χ4v) is 2.65. The molecule has 1 saturated carbocycles. The van der Waals surface area contributed by atoms with E-state index >= 15 is 0 Å². The predicted molar refractivity (Wildman–Crippen MR) is 72.7 cm³/mol. The molecule has 0 heterocycles. The van der Waals surface area contributed by atoms with Crippen molar-refractivity contribution in [2.45, 2.75) is 38.3 Å². The monoisotopic (exact) mass is 267 g/mol. The maximum absolute atomic E-state index is 13.3. The van der Waals surface area contributed by atoms with E-state index in [1.165, 1.54) is 13.2 Å². The van der Waals surface area contributed by atoms with Crippen LogP contribution in [-0.4, -0.2) is 24.9 Å². The molecule has 0 aliphatic heterocycles. The van der Waals surface area contributed by atoms with E-state index in [9.17, 15) is 9.50 Å². The maximum atomic E-state index is 13.3. The fourth-order valence-electron chi connectivity index (χ4n) is 2.65. The molecule has 3 nitrogen and oxygen atoms in total. The summed E-state index contributed by atoms with van der Waals surface area (Å²) >= 11 is 0. The number of ether oxygens (including phenoxy) is 1. The van der Waals surface area contributed by atoms with E-state index in [1.807, 2.05) is 6.92 Å². The first-order valence-corrected chi connectivity index (χ1v) is 6.86. The predicted octanol–water partition coefficient (Wildman–Crippen LogP) is 2.65. The molecular formula is C15H22FNO2. The number of hydrogen-bond donors (Lipinski definition) is 2. The smallest absolute Gasteiger partial charge is 0.165 e. The Kier molecular flexibility index (Phi) is 4.77. The van der Waals surface area contributed by atoms with Gasteiger partial charge in [0.1, 0.15) is 0 Å². The summed E-state index contributed by atoms with van der Waals surface area (Å²) in [6, 6.07) is 5.03. The Morgan fingerprint density at radius 3 is 2.89 bits per heavy atom. The van der Waals surface area contributed by atoms with Crippen LogP contribution < -0.4 is 10.1 Å². The molecule has 1 aliphatic rings. The molecule has 1 aliphatic carbocycles. The van der Waals surface area contributed by atoms with E-state index in [1.54, 1.807) is 12.1 Å². The summed E-state index contributed by atoms with van der Waals surface area (Å²) in [5.74, 6) is 0.265. The molecule has 1 aromatic carbocycles. The van der Waals surface area contributed by atoms with Crippen molar-refractivity contribution in [2.24, 2.45) is 5.92 Å². The molecule has 3 atom stereocenters. The van der Waals surface area contributed by atoms with Gasteiger partial charge in [0.05, 0.1) is 13.2 Å². The Morgan fingerprint density at radius 1 is 1.47 bits per heavy atom. The van der Waals surface area contributed by atoms with Crippen LogP contribution in [0.15, 0.2) is 18.2 Å². The lowest BCUT2D eigenvalue weighted by atomic mass is 10.0. The third-order valence-electron chi connectivity index (χ3n) is 3.98. The summed E-state index contributed by atoms with van der Waals surface area (Å²) in [4.78, 5) is 0. The van der Waals surface area contributed by atoms with Gasteiger partial charge in [0, 0.05) is 12.6 Å². The van der Waals surface area contributed by atoms with Crippen LogP contribution in [0, 0.1) is 11.7 Å². The highest BCUT2D eigenvalue weighted by Gasteiger charge is 2.25. The third kappa shape index (κ3) is 3.45. The zero-order valence-corrected chi connectivity index (χ0v) is 11.5. The molecule has 1 aromatic rings. The van der Waals surface area contributed by atoms with Crippen molar-refractivity contribution in [2.75, 3.05) is 13.7 Å². The summed E-state index contributed by atoms with van der Waals surface area (Å²) in [6.07, 6.45) is 2.91. The third-order valence-corrected chi connectivity index (χ3v) is 3.98. The van der Waals surface area contributed by atoms with Crippen LogP contribution >= 0.6 is 0 Å². The molecule has 0 spiro atoms. The van der Waals surface area contributed by atoms with Crippen LogP contribution in [0.25, 0.3) is 0 Å². The highest BCUT2D eigenvalue weighted by atomic mass is 19.1. The Bertz CT molecular complexity index is 425. The number of benzene rings is 1. The van der Waals surface area contributed by atoms with Crippen molar-refractivity contribution in [3.63, 3.8) is 0 Å². The molecule has 0 amide bonds. The molecule has 2 N–H and O–H groups in total. The van der Waals surface area contributed by atoms with Gasteiger partial charge in [-0.15, -0.1) is 0 Å². The largest absolute Gasteiger partial charge is 0.494 e. The molecule has 1 fully saturated rings. The summed E-state index contributed by atoms with van der Waals surface area (Å²) in [5, 5.41) is 13.2. The van der Waals surface area contributed by atoms with Crippen LogP contribution in [0.4, 0.5) is 4.39 Å². The molecule has 2 rings (SSSR count). The van der Waals surface area contributed by atoms with Crippen LogP contribution in [0.5, 0.6) is 5.75 Å². The van der Waals surface area contributed by atoms with E-state index in [0.29, 0.717) is 5.92 Å². The van der Waals surface area contributed by atoms with Gasteiger partial charge in [0.15, 0.2) is 11.6 Å². The van der Waals surface area contributed by atoms with Gasteiger partial charge in [-0.1, -0.05) is 12.5 Å². The zero-order valence-electron chi connectivity index (χ0n) is 11.5. The highest BCUT2D eigenvalue weighted by Crippen LogP contribution is 2.26. The zero-order chi connectivity index (χ0) is 13.8. The molecule has 19 heavy (non-hydrogen) atoms. The minimum absolute atomic E-state index is 0.113. The Hall–Kier alpha value is -1.13. The molecule has 0 radical (unpaired) electrons. The van der Waals surface area contributed by atoms with Gasteiger partial charge < -0.3 is 15.2 Å². The average Bonchev–Trinajstić information content (AvgIpc) is 2.82. The SMILES string of the molecule is COc1cc([C@H](C)NC[C@@H]2CCC[C@H]2O)ccc1F. The van der Waals surface area contributed by atoms with Crippen LogP contribution in [0.2, 0.25) is 0 Å². The van der Waals surface area contributed by atoms with Gasteiger partial charge in [0.25, 0.3) is 0 Å². The molecule has 106 valence electrons. The van der Waals surface area contributed by atoms with E-state index in [4.69, 9.17) is 4.74 Å². The van der Waals surface area contributed by atoms with E-state index in [-0.39, 0.29) is 23.7 Å². The molecule has 4 heteroatoms. The van der Waals surface area contributed by atoms with Crippen molar-refractivity contribution >= 4 is 0 Å². The van der Waals surface area contributed by atoms with Crippen molar-refractivity contribution in [3.05, 3.63) is 29.6 Å². The van der Waals surface area contributed by atoms with Gasteiger partial charge in [-0.2, -0.15) is 0 Å². The van der Waals surface area contributed by atoms with Gasteiger partial charge in [-0.05, 0) is 43.4 Å². The Balaban J connectivity index is 1.94. The highest BCUT2D eigenvalue weighted by molar-refractivity contribution is 5.31. The molecule has 0 bridgehead atoms. The number of methoxy groups -OCH3 is 1. The van der Waals surface area contributed by atoms with Crippen LogP contribution in [0.1, 0.15) is 37.8 Å². The van der Waals surface area contributed by atoms with E-state index in [2.05, 4.69) is 5.32 Å².